The number of hydrogen-bond acceptors (Lipinski definition) is 4. The maximum atomic E-state index is 12.4. The lowest BCUT2D eigenvalue weighted by molar-refractivity contribution is 0.601. The molecule has 0 unspecified atom stereocenters. The molecule has 0 aliphatic heterocycles. The van der Waals surface area contributed by atoms with Gasteiger partial charge in [-0.05, 0) is 37.1 Å². The number of benzene rings is 1. The summed E-state index contributed by atoms with van der Waals surface area (Å²) in [5.41, 5.74) is 1.55. The Balaban J connectivity index is 2.23. The molecule has 0 radical (unpaired) electrons. The Hall–Kier alpha value is -2.08. The second-order valence-corrected chi connectivity index (χ2v) is 6.46. The van der Waals surface area contributed by atoms with Crippen molar-refractivity contribution in [3.8, 4) is 0 Å². The fourth-order valence-corrected chi connectivity index (χ4v) is 2.91. The van der Waals surface area contributed by atoms with Crippen LogP contribution >= 0.6 is 0 Å². The van der Waals surface area contributed by atoms with Gasteiger partial charge in [-0.15, -0.1) is 0 Å². The third-order valence-corrected chi connectivity index (χ3v) is 4.25. The molecule has 0 amide bonds. The Morgan fingerprint density at radius 3 is 2.71 bits per heavy atom. The SMILES string of the molecule is CCCNc1cc(S(=O)(=O)Nc2cccc(C)c2)ccn1. The van der Waals surface area contributed by atoms with Gasteiger partial charge in [0.1, 0.15) is 5.82 Å². The van der Waals surface area contributed by atoms with Crippen LogP contribution in [0.2, 0.25) is 0 Å². The summed E-state index contributed by atoms with van der Waals surface area (Å²) in [4.78, 5) is 4.30. The Bertz CT molecular complexity index is 714. The van der Waals surface area contributed by atoms with Crippen LogP contribution in [0.4, 0.5) is 11.5 Å². The van der Waals surface area contributed by atoms with Crippen LogP contribution in [-0.4, -0.2) is 19.9 Å². The molecule has 0 fully saturated rings. The summed E-state index contributed by atoms with van der Waals surface area (Å²) in [5.74, 6) is 0.559. The van der Waals surface area contributed by atoms with Gasteiger partial charge in [-0.25, -0.2) is 13.4 Å². The molecule has 0 saturated heterocycles. The predicted molar refractivity (Wildman–Crippen MR) is 85.0 cm³/mol. The lowest BCUT2D eigenvalue weighted by atomic mass is 10.2. The summed E-state index contributed by atoms with van der Waals surface area (Å²) in [7, 11) is -3.61. The highest BCUT2D eigenvalue weighted by molar-refractivity contribution is 7.92. The molecule has 0 spiro atoms. The molecule has 21 heavy (non-hydrogen) atoms. The van der Waals surface area contributed by atoms with Crippen LogP contribution in [-0.2, 0) is 10.0 Å². The van der Waals surface area contributed by atoms with E-state index in [0.29, 0.717) is 11.5 Å². The fraction of sp³-hybridized carbons (Fsp3) is 0.267. The Labute approximate surface area is 125 Å². The Morgan fingerprint density at radius 2 is 2.00 bits per heavy atom. The van der Waals surface area contributed by atoms with Crippen LogP contribution in [0.5, 0.6) is 0 Å². The van der Waals surface area contributed by atoms with Gasteiger partial charge in [0.05, 0.1) is 4.90 Å². The number of sulfonamides is 1. The Morgan fingerprint density at radius 1 is 1.19 bits per heavy atom. The largest absolute Gasteiger partial charge is 0.370 e. The summed E-state index contributed by atoms with van der Waals surface area (Å²) in [6.45, 7) is 4.70. The van der Waals surface area contributed by atoms with Gasteiger partial charge < -0.3 is 5.32 Å². The monoisotopic (exact) mass is 305 g/mol. The second kappa shape index (κ2) is 6.58. The molecule has 0 saturated carbocycles. The third-order valence-electron chi connectivity index (χ3n) is 2.87. The normalized spacial score (nSPS) is 11.1. The molecule has 1 aromatic heterocycles. The lowest BCUT2D eigenvalue weighted by Gasteiger charge is -2.10. The molecule has 0 bridgehead atoms. The zero-order chi connectivity index (χ0) is 15.3. The van der Waals surface area contributed by atoms with E-state index >= 15 is 0 Å². The van der Waals surface area contributed by atoms with E-state index in [2.05, 4.69) is 15.0 Å². The third kappa shape index (κ3) is 4.19. The minimum atomic E-state index is -3.61. The van der Waals surface area contributed by atoms with E-state index in [1.807, 2.05) is 26.0 Å². The van der Waals surface area contributed by atoms with E-state index < -0.39 is 10.0 Å². The number of anilines is 2. The van der Waals surface area contributed by atoms with Gasteiger partial charge >= 0.3 is 0 Å². The molecule has 112 valence electrons. The lowest BCUT2D eigenvalue weighted by Crippen LogP contribution is -2.14. The highest BCUT2D eigenvalue weighted by atomic mass is 32.2. The van der Waals surface area contributed by atoms with Crippen molar-refractivity contribution < 1.29 is 8.42 Å². The van der Waals surface area contributed by atoms with E-state index in [0.717, 1.165) is 18.5 Å². The van der Waals surface area contributed by atoms with Crippen LogP contribution < -0.4 is 10.0 Å². The highest BCUT2D eigenvalue weighted by Crippen LogP contribution is 2.18. The minimum Gasteiger partial charge on any atom is -0.370 e. The number of nitrogens with one attached hydrogen (secondary N) is 2. The van der Waals surface area contributed by atoms with Crippen molar-refractivity contribution in [1.29, 1.82) is 0 Å². The van der Waals surface area contributed by atoms with E-state index in [9.17, 15) is 8.42 Å². The number of pyridine rings is 1. The number of hydrogen-bond donors (Lipinski definition) is 2. The first kappa shape index (κ1) is 15.3. The highest BCUT2D eigenvalue weighted by Gasteiger charge is 2.15. The van der Waals surface area contributed by atoms with Crippen molar-refractivity contribution in [2.75, 3.05) is 16.6 Å². The van der Waals surface area contributed by atoms with Gasteiger partial charge in [-0.3, -0.25) is 4.72 Å². The molecule has 6 heteroatoms. The quantitative estimate of drug-likeness (QED) is 0.860. The molecule has 0 atom stereocenters. The maximum Gasteiger partial charge on any atom is 0.262 e. The summed E-state index contributed by atoms with van der Waals surface area (Å²) in [6.07, 6.45) is 2.43. The standard InChI is InChI=1S/C15H19N3O2S/c1-3-8-16-15-11-14(7-9-17-15)21(19,20)18-13-6-4-5-12(2)10-13/h4-7,9-11,18H,3,8H2,1-2H3,(H,16,17). The average Bonchev–Trinajstić information content (AvgIpc) is 2.45. The summed E-state index contributed by atoms with van der Waals surface area (Å²) in [6, 6.07) is 10.3. The summed E-state index contributed by atoms with van der Waals surface area (Å²) < 4.78 is 27.3. The molecule has 5 nitrogen and oxygen atoms in total. The minimum absolute atomic E-state index is 0.192. The molecular formula is C15H19N3O2S. The van der Waals surface area contributed by atoms with Gasteiger partial charge in [0, 0.05) is 24.5 Å². The first-order valence-corrected chi connectivity index (χ1v) is 8.29. The van der Waals surface area contributed by atoms with Gasteiger partial charge in [-0.2, -0.15) is 0 Å². The average molecular weight is 305 g/mol. The van der Waals surface area contributed by atoms with Crippen molar-refractivity contribution >= 4 is 21.5 Å². The van der Waals surface area contributed by atoms with Gasteiger partial charge in [0.2, 0.25) is 0 Å². The van der Waals surface area contributed by atoms with Crippen LogP contribution in [0, 0.1) is 6.92 Å². The second-order valence-electron chi connectivity index (χ2n) is 4.78. The molecule has 1 aromatic carbocycles. The first-order valence-electron chi connectivity index (χ1n) is 6.80. The van der Waals surface area contributed by atoms with Gasteiger partial charge in [-0.1, -0.05) is 19.1 Å². The zero-order valence-corrected chi connectivity index (χ0v) is 12.9. The number of nitrogens with zero attached hydrogens (tertiary/aromatic N) is 1. The van der Waals surface area contributed by atoms with Crippen LogP contribution in [0.15, 0.2) is 47.5 Å². The molecule has 0 aliphatic carbocycles. The van der Waals surface area contributed by atoms with Crippen molar-refractivity contribution in [2.24, 2.45) is 0 Å². The van der Waals surface area contributed by atoms with E-state index in [1.165, 1.54) is 18.3 Å². The molecule has 2 aromatic rings. The zero-order valence-electron chi connectivity index (χ0n) is 12.1. The number of aromatic nitrogens is 1. The van der Waals surface area contributed by atoms with E-state index in [-0.39, 0.29) is 4.90 Å². The molecule has 1 heterocycles. The van der Waals surface area contributed by atoms with Crippen molar-refractivity contribution in [2.45, 2.75) is 25.2 Å². The van der Waals surface area contributed by atoms with Crippen LogP contribution in [0.1, 0.15) is 18.9 Å². The van der Waals surface area contributed by atoms with E-state index in [1.54, 1.807) is 12.1 Å². The van der Waals surface area contributed by atoms with E-state index in [4.69, 9.17) is 0 Å². The van der Waals surface area contributed by atoms with Crippen molar-refractivity contribution in [1.82, 2.24) is 4.98 Å². The molecule has 2 N–H and O–H groups in total. The number of aryl methyl sites for hydroxylation is 1. The van der Waals surface area contributed by atoms with Gasteiger partial charge in [0.15, 0.2) is 0 Å². The van der Waals surface area contributed by atoms with Crippen LogP contribution in [0.3, 0.4) is 0 Å². The molecule has 0 aliphatic rings. The fourth-order valence-electron chi connectivity index (χ4n) is 1.85. The molecule has 2 rings (SSSR count). The smallest absolute Gasteiger partial charge is 0.262 e. The summed E-state index contributed by atoms with van der Waals surface area (Å²) >= 11 is 0. The van der Waals surface area contributed by atoms with Crippen LogP contribution in [0.25, 0.3) is 0 Å². The number of rotatable bonds is 6. The predicted octanol–water partition coefficient (Wildman–Crippen LogP) is 3.01. The molecular weight excluding hydrogens is 286 g/mol. The van der Waals surface area contributed by atoms with Gasteiger partial charge in [0.25, 0.3) is 10.0 Å². The topological polar surface area (TPSA) is 71.1 Å². The Kier molecular flexibility index (Phi) is 4.80. The van der Waals surface area contributed by atoms with Crippen molar-refractivity contribution in [3.05, 3.63) is 48.2 Å². The summed E-state index contributed by atoms with van der Waals surface area (Å²) in [5, 5.41) is 3.08. The first-order chi connectivity index (χ1) is 10.0. The van der Waals surface area contributed by atoms with Crippen molar-refractivity contribution in [3.63, 3.8) is 0 Å². The maximum absolute atomic E-state index is 12.4.